The van der Waals surface area contributed by atoms with E-state index >= 15 is 0 Å². The van der Waals surface area contributed by atoms with Crippen molar-refractivity contribution in [2.45, 2.75) is 110 Å². The van der Waals surface area contributed by atoms with E-state index in [1.807, 2.05) is 6.92 Å². The number of hydrogen-bond donors (Lipinski definition) is 0. The Balaban J connectivity index is 3.11. The first-order valence-electron chi connectivity index (χ1n) is 9.71. The molecule has 0 saturated carbocycles. The largest absolute Gasteiger partial charge is 0.295 e. The second-order valence-corrected chi connectivity index (χ2v) is 6.81. The lowest BCUT2D eigenvalue weighted by molar-refractivity contribution is -0.132. The monoisotopic (exact) mass is 310 g/mol. The normalized spacial score (nSPS) is 12.3. The highest BCUT2D eigenvalue weighted by Gasteiger charge is 2.10. The first-order chi connectivity index (χ1) is 10.7. The summed E-state index contributed by atoms with van der Waals surface area (Å²) in [7, 11) is 0. The zero-order chi connectivity index (χ0) is 16.5. The summed E-state index contributed by atoms with van der Waals surface area (Å²) in [6.07, 6.45) is 20.2. The molecule has 1 atom stereocenters. The van der Waals surface area contributed by atoms with Crippen LogP contribution >= 0.6 is 0 Å². The highest BCUT2D eigenvalue weighted by atomic mass is 16.2. The molecule has 0 radical (unpaired) electrons. The third-order valence-corrected chi connectivity index (χ3v) is 4.59. The Morgan fingerprint density at radius 3 is 1.45 bits per heavy atom. The van der Waals surface area contributed by atoms with E-state index in [1.165, 1.54) is 83.5 Å². The highest BCUT2D eigenvalue weighted by Crippen LogP contribution is 2.14. The van der Waals surface area contributed by atoms with Gasteiger partial charge in [-0.15, -0.1) is 0 Å². The fourth-order valence-electron chi connectivity index (χ4n) is 2.90. The van der Waals surface area contributed by atoms with Crippen molar-refractivity contribution in [2.24, 2.45) is 5.92 Å². The minimum atomic E-state index is -0.241. The smallest absolute Gasteiger partial charge is 0.197 e. The van der Waals surface area contributed by atoms with Gasteiger partial charge >= 0.3 is 0 Å². The van der Waals surface area contributed by atoms with Crippen molar-refractivity contribution < 1.29 is 9.59 Å². The van der Waals surface area contributed by atoms with Gasteiger partial charge < -0.3 is 0 Å². The van der Waals surface area contributed by atoms with Crippen LogP contribution in [0.4, 0.5) is 0 Å². The SMILES string of the molecule is CCCCCCCCCCCCCCCCC(C)C(=O)C=O. The van der Waals surface area contributed by atoms with Gasteiger partial charge in [0.2, 0.25) is 0 Å². The van der Waals surface area contributed by atoms with E-state index in [0.29, 0.717) is 6.29 Å². The van der Waals surface area contributed by atoms with E-state index in [9.17, 15) is 9.59 Å². The maximum atomic E-state index is 11.1. The summed E-state index contributed by atoms with van der Waals surface area (Å²) in [5.74, 6) is -0.315. The van der Waals surface area contributed by atoms with Crippen LogP contribution in [0.15, 0.2) is 0 Å². The average molecular weight is 311 g/mol. The molecular formula is C20H38O2. The molecule has 0 saturated heterocycles. The Morgan fingerprint density at radius 2 is 1.09 bits per heavy atom. The van der Waals surface area contributed by atoms with Crippen LogP contribution in [-0.2, 0) is 9.59 Å². The summed E-state index contributed by atoms with van der Waals surface area (Å²) in [6.45, 7) is 4.13. The molecule has 22 heavy (non-hydrogen) atoms. The number of carbonyl (C=O) groups is 2. The molecule has 0 rings (SSSR count). The molecule has 0 spiro atoms. The number of carbonyl (C=O) groups excluding carboxylic acids is 2. The Hall–Kier alpha value is -0.660. The number of ketones is 1. The molecule has 0 fully saturated rings. The maximum Gasteiger partial charge on any atom is 0.197 e. The molecule has 0 aromatic carbocycles. The van der Waals surface area contributed by atoms with Gasteiger partial charge in [0.25, 0.3) is 0 Å². The lowest BCUT2D eigenvalue weighted by atomic mass is 9.98. The molecule has 0 aliphatic carbocycles. The van der Waals surface area contributed by atoms with Crippen molar-refractivity contribution >= 4 is 12.1 Å². The molecule has 0 aliphatic rings. The summed E-state index contributed by atoms with van der Waals surface area (Å²) in [4.78, 5) is 21.5. The van der Waals surface area contributed by atoms with Crippen LogP contribution < -0.4 is 0 Å². The third-order valence-electron chi connectivity index (χ3n) is 4.59. The van der Waals surface area contributed by atoms with E-state index in [1.54, 1.807) is 0 Å². The third kappa shape index (κ3) is 14.3. The second-order valence-electron chi connectivity index (χ2n) is 6.81. The number of hydrogen-bond acceptors (Lipinski definition) is 2. The Labute approximate surface area is 138 Å². The van der Waals surface area contributed by atoms with E-state index in [4.69, 9.17) is 0 Å². The molecule has 130 valence electrons. The van der Waals surface area contributed by atoms with Crippen molar-refractivity contribution in [3.63, 3.8) is 0 Å². The van der Waals surface area contributed by atoms with Crippen molar-refractivity contribution in [1.82, 2.24) is 0 Å². The van der Waals surface area contributed by atoms with E-state index < -0.39 is 0 Å². The van der Waals surface area contributed by atoms with Crippen molar-refractivity contribution in [2.75, 3.05) is 0 Å². The predicted molar refractivity (Wildman–Crippen MR) is 95.2 cm³/mol. The molecule has 0 bridgehead atoms. The molecule has 0 aromatic rings. The number of Topliss-reactive ketones (excluding diaryl/α,β-unsaturated/α-hetero) is 1. The molecule has 1 unspecified atom stereocenters. The molecule has 2 nitrogen and oxygen atoms in total. The molecule has 0 aliphatic heterocycles. The molecular weight excluding hydrogens is 272 g/mol. The van der Waals surface area contributed by atoms with E-state index in [2.05, 4.69) is 6.92 Å². The van der Waals surface area contributed by atoms with Gasteiger partial charge in [0.05, 0.1) is 0 Å². The van der Waals surface area contributed by atoms with Gasteiger partial charge in [0, 0.05) is 5.92 Å². The van der Waals surface area contributed by atoms with Crippen molar-refractivity contribution in [1.29, 1.82) is 0 Å². The van der Waals surface area contributed by atoms with Gasteiger partial charge in [-0.1, -0.05) is 104 Å². The van der Waals surface area contributed by atoms with Gasteiger partial charge in [-0.25, -0.2) is 0 Å². The van der Waals surface area contributed by atoms with Crippen LogP contribution in [0.3, 0.4) is 0 Å². The van der Waals surface area contributed by atoms with Crippen molar-refractivity contribution in [3.8, 4) is 0 Å². The number of unbranched alkanes of at least 4 members (excludes halogenated alkanes) is 13. The zero-order valence-corrected chi connectivity index (χ0v) is 15.1. The van der Waals surface area contributed by atoms with Gasteiger partial charge in [-0.2, -0.15) is 0 Å². The topological polar surface area (TPSA) is 34.1 Å². The molecule has 0 heterocycles. The minimum Gasteiger partial charge on any atom is -0.295 e. The van der Waals surface area contributed by atoms with Gasteiger partial charge in [0.1, 0.15) is 0 Å². The van der Waals surface area contributed by atoms with Crippen LogP contribution in [0, 0.1) is 5.92 Å². The number of aldehydes is 1. The van der Waals surface area contributed by atoms with Crippen LogP contribution in [0.2, 0.25) is 0 Å². The molecule has 0 amide bonds. The fourth-order valence-corrected chi connectivity index (χ4v) is 2.90. The molecule has 0 aromatic heterocycles. The van der Waals surface area contributed by atoms with Crippen LogP contribution in [0.1, 0.15) is 110 Å². The van der Waals surface area contributed by atoms with Gasteiger partial charge in [-0.3, -0.25) is 9.59 Å². The predicted octanol–water partition coefficient (Wildman–Crippen LogP) is 6.26. The van der Waals surface area contributed by atoms with Crippen LogP contribution in [-0.4, -0.2) is 12.1 Å². The summed E-state index contributed by atoms with van der Waals surface area (Å²) >= 11 is 0. The summed E-state index contributed by atoms with van der Waals surface area (Å²) in [6, 6.07) is 0. The molecule has 0 N–H and O–H groups in total. The highest BCUT2D eigenvalue weighted by molar-refractivity contribution is 6.25. The Morgan fingerprint density at radius 1 is 0.727 bits per heavy atom. The summed E-state index contributed by atoms with van der Waals surface area (Å²) in [5, 5.41) is 0. The summed E-state index contributed by atoms with van der Waals surface area (Å²) in [5.41, 5.74) is 0. The van der Waals surface area contributed by atoms with Gasteiger partial charge in [0.15, 0.2) is 12.1 Å². The lowest BCUT2D eigenvalue weighted by Crippen LogP contribution is -2.11. The Bertz CT molecular complexity index is 260. The minimum absolute atomic E-state index is 0.0742. The van der Waals surface area contributed by atoms with Gasteiger partial charge in [-0.05, 0) is 6.42 Å². The standard InChI is InChI=1S/C20H38O2/c1-3-4-5-6-7-8-9-10-11-12-13-14-15-16-17-19(2)20(22)18-21/h18-19H,3-17H2,1-2H3. The first-order valence-corrected chi connectivity index (χ1v) is 9.71. The van der Waals surface area contributed by atoms with Crippen LogP contribution in [0.5, 0.6) is 0 Å². The lowest BCUT2D eigenvalue weighted by Gasteiger charge is -2.06. The van der Waals surface area contributed by atoms with Crippen LogP contribution in [0.25, 0.3) is 0 Å². The molecule has 2 heteroatoms. The van der Waals surface area contributed by atoms with E-state index in [-0.39, 0.29) is 11.7 Å². The second kappa shape index (κ2) is 16.7. The van der Waals surface area contributed by atoms with Crippen molar-refractivity contribution in [3.05, 3.63) is 0 Å². The summed E-state index contributed by atoms with van der Waals surface area (Å²) < 4.78 is 0. The van der Waals surface area contributed by atoms with E-state index in [0.717, 1.165) is 12.8 Å². The maximum absolute atomic E-state index is 11.1. The zero-order valence-electron chi connectivity index (χ0n) is 15.1. The fraction of sp³-hybridized carbons (Fsp3) is 0.900. The Kier molecular flexibility index (Phi) is 16.2. The first kappa shape index (κ1) is 21.3. The number of rotatable bonds is 17. The average Bonchev–Trinajstić information content (AvgIpc) is 2.54. The quantitative estimate of drug-likeness (QED) is 0.180.